The van der Waals surface area contributed by atoms with Crippen LogP contribution < -0.4 is 15.5 Å². The standard InChI is InChI=1S/C27H27ClFN5O/c1-17(21-4-2-3-5-24(21)29)33-27-22-12-18(6-8-25(22)31-14-23(27)28)19-7-9-26(32-13-19)34-11-10-30-20(15-34)16-35/h2-9,12-14,17,20,30,35H,10-11,15-16H2,1H3,(H,31,33)/t17?,20-/m0/s1. The van der Waals surface area contributed by atoms with Crippen LogP contribution >= 0.6 is 11.6 Å². The van der Waals surface area contributed by atoms with Crippen LogP contribution in [0, 0.1) is 5.82 Å². The van der Waals surface area contributed by atoms with E-state index in [-0.39, 0.29) is 24.5 Å². The van der Waals surface area contributed by atoms with E-state index in [4.69, 9.17) is 11.6 Å². The Bertz CT molecular complexity index is 1330. The monoisotopic (exact) mass is 491 g/mol. The van der Waals surface area contributed by atoms with Crippen LogP contribution in [0.4, 0.5) is 15.9 Å². The van der Waals surface area contributed by atoms with Gasteiger partial charge in [0.2, 0.25) is 0 Å². The van der Waals surface area contributed by atoms with Crippen LogP contribution in [0.15, 0.2) is 67.0 Å². The van der Waals surface area contributed by atoms with Gasteiger partial charge in [0, 0.05) is 54.6 Å². The lowest BCUT2D eigenvalue weighted by atomic mass is 10.0. The molecule has 3 heterocycles. The van der Waals surface area contributed by atoms with Crippen LogP contribution in [0.5, 0.6) is 0 Å². The molecule has 1 aliphatic rings. The highest BCUT2D eigenvalue weighted by atomic mass is 35.5. The molecule has 5 rings (SSSR count). The number of rotatable bonds is 6. The molecule has 180 valence electrons. The number of anilines is 2. The summed E-state index contributed by atoms with van der Waals surface area (Å²) in [6.45, 7) is 4.39. The highest BCUT2D eigenvalue weighted by Crippen LogP contribution is 2.35. The summed E-state index contributed by atoms with van der Waals surface area (Å²) in [5, 5.41) is 17.5. The summed E-state index contributed by atoms with van der Waals surface area (Å²) < 4.78 is 14.3. The van der Waals surface area contributed by atoms with Crippen molar-refractivity contribution >= 4 is 34.0 Å². The number of hydrogen-bond donors (Lipinski definition) is 3. The van der Waals surface area contributed by atoms with Gasteiger partial charge in [-0.15, -0.1) is 0 Å². The average Bonchev–Trinajstić information content (AvgIpc) is 2.90. The van der Waals surface area contributed by atoms with E-state index in [0.29, 0.717) is 10.6 Å². The number of aliphatic hydroxyl groups excluding tert-OH is 1. The molecule has 0 bridgehead atoms. The number of pyridine rings is 2. The molecule has 0 aliphatic carbocycles. The summed E-state index contributed by atoms with van der Waals surface area (Å²) in [5.74, 6) is 0.629. The largest absolute Gasteiger partial charge is 0.395 e. The van der Waals surface area contributed by atoms with Crippen molar-refractivity contribution in [2.45, 2.75) is 19.0 Å². The Hall–Kier alpha value is -3.26. The number of halogens is 2. The minimum absolute atomic E-state index is 0.0561. The molecule has 2 aromatic carbocycles. The number of nitrogens with one attached hydrogen (secondary N) is 2. The first kappa shape index (κ1) is 23.5. The van der Waals surface area contributed by atoms with E-state index < -0.39 is 0 Å². The Labute approximate surface area is 208 Å². The van der Waals surface area contributed by atoms with Gasteiger partial charge in [0.1, 0.15) is 11.6 Å². The highest BCUT2D eigenvalue weighted by molar-refractivity contribution is 6.34. The molecule has 2 aromatic heterocycles. The highest BCUT2D eigenvalue weighted by Gasteiger charge is 2.20. The third-order valence-corrected chi connectivity index (χ3v) is 6.72. The SMILES string of the molecule is CC(Nc1c(Cl)cnc2ccc(-c3ccc(N4CCN[C@H](CO)C4)nc3)cc12)c1ccccc1F. The molecule has 1 saturated heterocycles. The minimum Gasteiger partial charge on any atom is -0.395 e. The Kier molecular flexibility index (Phi) is 6.81. The molecule has 1 aliphatic heterocycles. The molecule has 1 unspecified atom stereocenters. The molecule has 8 heteroatoms. The number of aromatic nitrogens is 2. The van der Waals surface area contributed by atoms with Gasteiger partial charge < -0.3 is 20.6 Å². The molecule has 2 atom stereocenters. The fourth-order valence-corrected chi connectivity index (χ4v) is 4.72. The third kappa shape index (κ3) is 4.93. The summed E-state index contributed by atoms with van der Waals surface area (Å²) in [7, 11) is 0. The normalized spacial score (nSPS) is 16.9. The summed E-state index contributed by atoms with van der Waals surface area (Å²) in [6, 6.07) is 16.6. The fourth-order valence-electron chi connectivity index (χ4n) is 4.51. The van der Waals surface area contributed by atoms with Gasteiger partial charge in [-0.05, 0) is 42.8 Å². The smallest absolute Gasteiger partial charge is 0.128 e. The van der Waals surface area contributed by atoms with E-state index in [9.17, 15) is 9.50 Å². The van der Waals surface area contributed by atoms with Gasteiger partial charge in [0.05, 0.1) is 28.9 Å². The van der Waals surface area contributed by atoms with Crippen LogP contribution in [-0.2, 0) is 0 Å². The lowest BCUT2D eigenvalue weighted by Crippen LogP contribution is -2.52. The van der Waals surface area contributed by atoms with Crippen molar-refractivity contribution in [2.24, 2.45) is 0 Å². The number of fused-ring (bicyclic) bond motifs is 1. The van der Waals surface area contributed by atoms with Crippen molar-refractivity contribution in [2.75, 3.05) is 36.5 Å². The molecule has 0 radical (unpaired) electrons. The van der Waals surface area contributed by atoms with Gasteiger partial charge in [-0.3, -0.25) is 4.98 Å². The lowest BCUT2D eigenvalue weighted by Gasteiger charge is -2.33. The van der Waals surface area contributed by atoms with Crippen molar-refractivity contribution < 1.29 is 9.50 Å². The number of benzene rings is 2. The molecule has 0 spiro atoms. The Morgan fingerprint density at radius 1 is 1.14 bits per heavy atom. The van der Waals surface area contributed by atoms with Crippen LogP contribution in [-0.4, -0.2) is 47.4 Å². The zero-order chi connectivity index (χ0) is 24.4. The fraction of sp³-hybridized carbons (Fsp3) is 0.259. The second kappa shape index (κ2) is 10.2. The molecule has 3 N–H and O–H groups in total. The summed E-state index contributed by atoms with van der Waals surface area (Å²) in [4.78, 5) is 11.3. The van der Waals surface area contributed by atoms with Gasteiger partial charge in [0.15, 0.2) is 0 Å². The molecule has 35 heavy (non-hydrogen) atoms. The maximum absolute atomic E-state index is 14.3. The van der Waals surface area contributed by atoms with Crippen LogP contribution in [0.1, 0.15) is 18.5 Å². The molecule has 0 saturated carbocycles. The maximum atomic E-state index is 14.3. The van der Waals surface area contributed by atoms with E-state index in [2.05, 4.69) is 25.5 Å². The second-order valence-corrected chi connectivity index (χ2v) is 9.19. The van der Waals surface area contributed by atoms with Gasteiger partial charge in [0.25, 0.3) is 0 Å². The van der Waals surface area contributed by atoms with E-state index in [1.807, 2.05) is 49.5 Å². The van der Waals surface area contributed by atoms with Crippen LogP contribution in [0.3, 0.4) is 0 Å². The van der Waals surface area contributed by atoms with Gasteiger partial charge in [-0.25, -0.2) is 9.37 Å². The zero-order valence-electron chi connectivity index (χ0n) is 19.4. The molecule has 0 amide bonds. The molecule has 4 aromatic rings. The van der Waals surface area contributed by atoms with Crippen LogP contribution in [0.2, 0.25) is 5.02 Å². The van der Waals surface area contributed by atoms with Gasteiger partial charge in [-0.1, -0.05) is 35.9 Å². The van der Waals surface area contributed by atoms with Gasteiger partial charge in [-0.2, -0.15) is 0 Å². The van der Waals surface area contributed by atoms with E-state index in [1.54, 1.807) is 18.3 Å². The Morgan fingerprint density at radius 3 is 2.74 bits per heavy atom. The van der Waals surface area contributed by atoms with Crippen molar-refractivity contribution in [3.8, 4) is 11.1 Å². The number of nitrogens with zero attached hydrogens (tertiary/aromatic N) is 3. The second-order valence-electron chi connectivity index (χ2n) is 8.79. The topological polar surface area (TPSA) is 73.3 Å². The van der Waals surface area contributed by atoms with Crippen molar-refractivity contribution in [1.82, 2.24) is 15.3 Å². The maximum Gasteiger partial charge on any atom is 0.128 e. The predicted molar refractivity (Wildman–Crippen MR) is 140 cm³/mol. The van der Waals surface area contributed by atoms with Gasteiger partial charge >= 0.3 is 0 Å². The molecule has 1 fully saturated rings. The van der Waals surface area contributed by atoms with E-state index in [1.165, 1.54) is 6.07 Å². The first-order chi connectivity index (χ1) is 17.0. The minimum atomic E-state index is -0.286. The third-order valence-electron chi connectivity index (χ3n) is 6.44. The number of aliphatic hydroxyl groups is 1. The van der Waals surface area contributed by atoms with E-state index in [0.717, 1.165) is 53.2 Å². The lowest BCUT2D eigenvalue weighted by molar-refractivity contribution is 0.235. The van der Waals surface area contributed by atoms with Crippen molar-refractivity contribution in [3.63, 3.8) is 0 Å². The first-order valence-electron chi connectivity index (χ1n) is 11.7. The Morgan fingerprint density at radius 2 is 1.97 bits per heavy atom. The van der Waals surface area contributed by atoms with Crippen LogP contribution in [0.25, 0.3) is 22.0 Å². The van der Waals surface area contributed by atoms with Crippen molar-refractivity contribution in [3.05, 3.63) is 83.4 Å². The van der Waals surface area contributed by atoms with Crippen molar-refractivity contribution in [1.29, 1.82) is 0 Å². The predicted octanol–water partition coefficient (Wildman–Crippen LogP) is 5.03. The first-order valence-corrected chi connectivity index (χ1v) is 12.1. The summed E-state index contributed by atoms with van der Waals surface area (Å²) >= 11 is 6.54. The molecule has 6 nitrogen and oxygen atoms in total. The Balaban J connectivity index is 1.44. The summed E-state index contributed by atoms with van der Waals surface area (Å²) in [5.41, 5.74) is 4.03. The molecular weight excluding hydrogens is 465 g/mol. The summed E-state index contributed by atoms with van der Waals surface area (Å²) in [6.07, 6.45) is 3.48. The quantitative estimate of drug-likeness (QED) is 0.351. The average molecular weight is 492 g/mol. The molecular formula is C27H27ClFN5O. The number of piperazine rings is 1. The van der Waals surface area contributed by atoms with E-state index >= 15 is 0 Å². The zero-order valence-corrected chi connectivity index (χ0v) is 20.1. The number of hydrogen-bond acceptors (Lipinski definition) is 6.